The van der Waals surface area contributed by atoms with E-state index in [4.69, 9.17) is 0 Å². The van der Waals surface area contributed by atoms with Crippen molar-refractivity contribution in [2.45, 2.75) is 39.5 Å². The van der Waals surface area contributed by atoms with Crippen molar-refractivity contribution < 1.29 is 9.59 Å². The minimum Gasteiger partial charge on any atom is -0.291 e. The molecule has 0 aliphatic heterocycles. The first-order valence-electron chi connectivity index (χ1n) is 7.18. The second-order valence-electron chi connectivity index (χ2n) is 6.48. The van der Waals surface area contributed by atoms with Crippen molar-refractivity contribution in [2.24, 2.45) is 29.1 Å². The van der Waals surface area contributed by atoms with Gasteiger partial charge < -0.3 is 0 Å². The maximum atomic E-state index is 12.5. The zero-order valence-electron chi connectivity index (χ0n) is 11.6. The van der Waals surface area contributed by atoms with E-state index in [1.807, 2.05) is 0 Å². The Morgan fingerprint density at radius 3 is 2.42 bits per heavy atom. The number of carbonyl (C=O) groups excluding carboxylic acids is 2. The predicted molar refractivity (Wildman–Crippen MR) is 83.8 cm³/mol. The monoisotopic (exact) mass is 392 g/mol. The molecular weight excluding hydrogens is 372 g/mol. The number of hydrogen-bond acceptors (Lipinski definition) is 2. The Morgan fingerprint density at radius 2 is 1.89 bits per heavy atom. The minimum atomic E-state index is -0.105. The number of ketones is 2. The van der Waals surface area contributed by atoms with Crippen LogP contribution in [0.15, 0.2) is 0 Å². The Balaban J connectivity index is 2.41. The molecule has 2 saturated carbocycles. The van der Waals surface area contributed by atoms with E-state index in [-0.39, 0.29) is 34.7 Å². The van der Waals surface area contributed by atoms with Crippen molar-refractivity contribution in [3.63, 3.8) is 0 Å². The molecule has 2 fully saturated rings. The maximum absolute atomic E-state index is 12.5. The summed E-state index contributed by atoms with van der Waals surface area (Å²) in [4.78, 5) is 24.8. The van der Waals surface area contributed by atoms with Gasteiger partial charge in [-0.05, 0) is 36.5 Å². The molecule has 108 valence electrons. The molecule has 0 spiro atoms. The van der Waals surface area contributed by atoms with Crippen LogP contribution in [-0.4, -0.2) is 22.2 Å². The minimum absolute atomic E-state index is 0.0122. The predicted octanol–water partition coefficient (Wildman–Crippen LogP) is 3.99. The van der Waals surface area contributed by atoms with E-state index in [2.05, 4.69) is 45.7 Å². The standard InChI is InChI=1S/C15H22Br2O2/c1-9(2)11-6-15(8-17)10(7-16)4-3-5-12(15)14(19)13(11)18/h9-12H,3-8H2,1-2H3. The van der Waals surface area contributed by atoms with Crippen LogP contribution in [0.25, 0.3) is 0 Å². The van der Waals surface area contributed by atoms with Gasteiger partial charge in [-0.1, -0.05) is 52.1 Å². The lowest BCUT2D eigenvalue weighted by Gasteiger charge is -2.52. The van der Waals surface area contributed by atoms with Gasteiger partial charge >= 0.3 is 0 Å². The summed E-state index contributed by atoms with van der Waals surface area (Å²) >= 11 is 7.29. The SMILES string of the molecule is CC(C)C1CC2(CBr)C(CBr)CCCC2C(=O)C1=O. The number of carbonyl (C=O) groups is 2. The van der Waals surface area contributed by atoms with Crippen molar-refractivity contribution in [3.8, 4) is 0 Å². The lowest BCUT2D eigenvalue weighted by Crippen LogP contribution is -2.56. The number of rotatable bonds is 3. The van der Waals surface area contributed by atoms with E-state index < -0.39 is 0 Å². The smallest absolute Gasteiger partial charge is 0.202 e. The molecule has 0 N–H and O–H groups in total. The van der Waals surface area contributed by atoms with Gasteiger partial charge in [0.1, 0.15) is 0 Å². The van der Waals surface area contributed by atoms with Gasteiger partial charge in [0.25, 0.3) is 0 Å². The summed E-state index contributed by atoms with van der Waals surface area (Å²) in [6, 6.07) is 0. The van der Waals surface area contributed by atoms with Crippen LogP contribution >= 0.6 is 31.9 Å². The zero-order chi connectivity index (χ0) is 14.2. The highest BCUT2D eigenvalue weighted by Gasteiger charge is 2.56. The Kier molecular flexibility index (Phi) is 4.92. The fourth-order valence-electron chi connectivity index (χ4n) is 4.01. The summed E-state index contributed by atoms with van der Waals surface area (Å²) < 4.78 is 0. The van der Waals surface area contributed by atoms with Crippen molar-refractivity contribution in [2.75, 3.05) is 10.7 Å². The molecule has 19 heavy (non-hydrogen) atoms. The maximum Gasteiger partial charge on any atom is 0.202 e. The lowest BCUT2D eigenvalue weighted by atomic mass is 9.52. The first kappa shape index (κ1) is 15.7. The molecule has 0 aromatic carbocycles. The van der Waals surface area contributed by atoms with E-state index in [1.165, 1.54) is 6.42 Å². The molecule has 0 amide bonds. The lowest BCUT2D eigenvalue weighted by molar-refractivity contribution is -0.154. The third kappa shape index (κ3) is 2.48. The third-order valence-corrected chi connectivity index (χ3v) is 7.11. The van der Waals surface area contributed by atoms with Gasteiger partial charge in [-0.25, -0.2) is 0 Å². The molecule has 4 unspecified atom stereocenters. The Morgan fingerprint density at radius 1 is 1.21 bits per heavy atom. The van der Waals surface area contributed by atoms with Gasteiger partial charge in [0.05, 0.1) is 0 Å². The van der Waals surface area contributed by atoms with E-state index in [9.17, 15) is 9.59 Å². The summed E-state index contributed by atoms with van der Waals surface area (Å²) in [6.07, 6.45) is 4.01. The third-order valence-electron chi connectivity index (χ3n) is 5.29. The van der Waals surface area contributed by atoms with Gasteiger partial charge in [0.2, 0.25) is 11.6 Å². The molecule has 0 aromatic heterocycles. The van der Waals surface area contributed by atoms with Crippen molar-refractivity contribution >= 4 is 43.4 Å². The second-order valence-corrected chi connectivity index (χ2v) is 7.69. The van der Waals surface area contributed by atoms with E-state index in [0.717, 1.165) is 29.9 Å². The fourth-order valence-corrected chi connectivity index (χ4v) is 6.06. The molecule has 2 rings (SSSR count). The van der Waals surface area contributed by atoms with E-state index in [0.29, 0.717) is 5.92 Å². The van der Waals surface area contributed by atoms with Crippen LogP contribution in [0.3, 0.4) is 0 Å². The first-order chi connectivity index (χ1) is 8.97. The molecule has 4 atom stereocenters. The van der Waals surface area contributed by atoms with Gasteiger partial charge in [-0.3, -0.25) is 9.59 Å². The van der Waals surface area contributed by atoms with E-state index in [1.54, 1.807) is 0 Å². The highest BCUT2D eigenvalue weighted by Crippen LogP contribution is 2.55. The normalized spacial score (nSPS) is 39.5. The highest BCUT2D eigenvalue weighted by atomic mass is 79.9. The summed E-state index contributed by atoms with van der Waals surface area (Å²) in [5.41, 5.74) is -0.0122. The second kappa shape index (κ2) is 5.97. The van der Waals surface area contributed by atoms with Crippen LogP contribution in [0.1, 0.15) is 39.5 Å². The number of alkyl halides is 2. The number of halogens is 2. The topological polar surface area (TPSA) is 34.1 Å². The molecule has 0 radical (unpaired) electrons. The highest BCUT2D eigenvalue weighted by molar-refractivity contribution is 9.09. The Hall–Kier alpha value is 0.300. The molecule has 4 heteroatoms. The van der Waals surface area contributed by atoms with Crippen LogP contribution in [0.5, 0.6) is 0 Å². The largest absolute Gasteiger partial charge is 0.291 e. The first-order valence-corrected chi connectivity index (χ1v) is 9.42. The van der Waals surface area contributed by atoms with Gasteiger partial charge in [-0.15, -0.1) is 0 Å². The van der Waals surface area contributed by atoms with Crippen molar-refractivity contribution in [1.29, 1.82) is 0 Å². The van der Waals surface area contributed by atoms with Gasteiger partial charge in [0, 0.05) is 22.5 Å². The average Bonchev–Trinajstić information content (AvgIpc) is 2.41. The van der Waals surface area contributed by atoms with Gasteiger partial charge in [0.15, 0.2) is 0 Å². The van der Waals surface area contributed by atoms with Crippen LogP contribution in [0.4, 0.5) is 0 Å². The molecule has 2 aliphatic rings. The van der Waals surface area contributed by atoms with Crippen LogP contribution < -0.4 is 0 Å². The fraction of sp³-hybridized carbons (Fsp3) is 0.867. The molecule has 0 bridgehead atoms. The summed E-state index contributed by atoms with van der Waals surface area (Å²) in [5, 5.41) is 1.77. The molecule has 0 saturated heterocycles. The van der Waals surface area contributed by atoms with Gasteiger partial charge in [-0.2, -0.15) is 0 Å². The molecular formula is C15H22Br2O2. The van der Waals surface area contributed by atoms with Crippen LogP contribution in [0.2, 0.25) is 0 Å². The number of hydrogen-bond donors (Lipinski definition) is 0. The van der Waals surface area contributed by atoms with Crippen molar-refractivity contribution in [1.82, 2.24) is 0 Å². The molecule has 0 heterocycles. The van der Waals surface area contributed by atoms with Crippen LogP contribution in [0, 0.1) is 29.1 Å². The summed E-state index contributed by atoms with van der Waals surface area (Å²) in [5.74, 6) is 0.434. The van der Waals surface area contributed by atoms with Crippen LogP contribution in [-0.2, 0) is 9.59 Å². The molecule has 2 aliphatic carbocycles. The Bertz CT molecular complexity index is 380. The number of fused-ring (bicyclic) bond motifs is 1. The van der Waals surface area contributed by atoms with E-state index >= 15 is 0 Å². The quantitative estimate of drug-likeness (QED) is 0.536. The zero-order valence-corrected chi connectivity index (χ0v) is 14.8. The molecule has 2 nitrogen and oxygen atoms in total. The average molecular weight is 394 g/mol. The summed E-state index contributed by atoms with van der Waals surface area (Å²) in [7, 11) is 0. The number of Topliss-reactive ketones (excluding diaryl/α,β-unsaturated/α-hetero) is 2. The molecule has 0 aromatic rings. The van der Waals surface area contributed by atoms with Crippen molar-refractivity contribution in [3.05, 3.63) is 0 Å². The Labute approximate surface area is 132 Å². The summed E-state index contributed by atoms with van der Waals surface area (Å²) in [6.45, 7) is 4.12.